The Morgan fingerprint density at radius 1 is 1.24 bits per heavy atom. The van der Waals surface area contributed by atoms with Crippen LogP contribution in [0.3, 0.4) is 0 Å². The van der Waals surface area contributed by atoms with Gasteiger partial charge in [-0.1, -0.05) is 23.8 Å². The molecule has 1 N–H and O–H groups in total. The quantitative estimate of drug-likeness (QED) is 0.859. The van der Waals surface area contributed by atoms with Gasteiger partial charge in [-0.2, -0.15) is 4.57 Å². The first kappa shape index (κ1) is 13.1. The van der Waals surface area contributed by atoms with Gasteiger partial charge in [0.05, 0.1) is 5.69 Å². The summed E-state index contributed by atoms with van der Waals surface area (Å²) < 4.78 is 6.00. The fourth-order valence-corrected chi connectivity index (χ4v) is 2.18. The van der Waals surface area contributed by atoms with E-state index in [0.717, 1.165) is 10.1 Å². The lowest BCUT2D eigenvalue weighted by atomic mass is 10.2. The molecule has 1 aromatic heterocycles. The molecule has 1 heterocycles. The lowest BCUT2D eigenvalue weighted by molar-refractivity contribution is 0.200. The molecular formula is C15H12N2O4. The molecule has 0 saturated heterocycles. The summed E-state index contributed by atoms with van der Waals surface area (Å²) in [6.07, 6.45) is 2.84. The molecule has 1 aliphatic rings. The van der Waals surface area contributed by atoms with E-state index in [4.69, 9.17) is 4.74 Å². The minimum Gasteiger partial charge on any atom is -0.410 e. The molecular weight excluding hydrogens is 272 g/mol. The van der Waals surface area contributed by atoms with Gasteiger partial charge in [-0.3, -0.25) is 9.78 Å². The van der Waals surface area contributed by atoms with E-state index in [0.29, 0.717) is 17.7 Å². The van der Waals surface area contributed by atoms with Crippen LogP contribution in [0.1, 0.15) is 16.8 Å². The van der Waals surface area contributed by atoms with Crippen LogP contribution in [0.4, 0.5) is 4.79 Å². The first-order chi connectivity index (χ1) is 10.1. The van der Waals surface area contributed by atoms with Crippen molar-refractivity contribution in [3.63, 3.8) is 0 Å². The molecule has 0 amide bonds. The average molecular weight is 284 g/mol. The molecule has 0 fully saturated rings. The molecule has 0 unspecified atom stereocenters. The Morgan fingerprint density at radius 3 is 2.67 bits per heavy atom. The first-order valence-corrected chi connectivity index (χ1v) is 6.40. The third kappa shape index (κ3) is 2.31. The average Bonchev–Trinajstić information content (AvgIpc) is 2.91. The summed E-state index contributed by atoms with van der Waals surface area (Å²) in [7, 11) is 0. The highest BCUT2D eigenvalue weighted by Crippen LogP contribution is 2.16. The first-order valence-electron chi connectivity index (χ1n) is 6.40. The third-order valence-corrected chi connectivity index (χ3v) is 3.25. The number of nitrogens with zero attached hydrogens (tertiary/aromatic N) is 1. The third-order valence-electron chi connectivity index (χ3n) is 3.25. The van der Waals surface area contributed by atoms with E-state index in [1.54, 1.807) is 36.4 Å². The van der Waals surface area contributed by atoms with Gasteiger partial charge in [-0.15, -0.1) is 0 Å². The Hall–Kier alpha value is -2.89. The van der Waals surface area contributed by atoms with E-state index in [-0.39, 0.29) is 5.69 Å². The van der Waals surface area contributed by atoms with Crippen LogP contribution in [0.25, 0.3) is 6.08 Å². The second kappa shape index (κ2) is 4.90. The Balaban J connectivity index is 2.01. The molecule has 6 heteroatoms. The Bertz CT molecular complexity index is 857. The van der Waals surface area contributed by atoms with Crippen molar-refractivity contribution in [2.75, 3.05) is 0 Å². The molecule has 6 nitrogen and oxygen atoms in total. The normalized spacial score (nSPS) is 12.2. The number of carbonyl (C=O) groups excluding carboxylic acids is 1. The van der Waals surface area contributed by atoms with Gasteiger partial charge >= 0.3 is 11.8 Å². The van der Waals surface area contributed by atoms with Crippen molar-refractivity contribution in [1.29, 1.82) is 0 Å². The van der Waals surface area contributed by atoms with Crippen molar-refractivity contribution in [1.82, 2.24) is 9.55 Å². The monoisotopic (exact) mass is 284 g/mol. The lowest BCUT2D eigenvalue weighted by Gasteiger charge is -2.09. The van der Waals surface area contributed by atoms with Crippen LogP contribution in [0, 0.1) is 6.92 Å². The van der Waals surface area contributed by atoms with Crippen LogP contribution in [-0.4, -0.2) is 15.6 Å². The number of benzene rings is 1. The smallest absolute Gasteiger partial charge is 0.410 e. The van der Waals surface area contributed by atoms with Crippen LogP contribution < -0.4 is 16.0 Å². The van der Waals surface area contributed by atoms with Gasteiger partial charge in [-0.05, 0) is 31.6 Å². The van der Waals surface area contributed by atoms with Crippen molar-refractivity contribution in [3.8, 4) is 5.75 Å². The van der Waals surface area contributed by atoms with Crippen LogP contribution in [0.5, 0.6) is 5.75 Å². The highest BCUT2D eigenvalue weighted by molar-refractivity contribution is 5.77. The maximum atomic E-state index is 12.2. The number of aromatic nitrogens is 2. The molecule has 3 rings (SSSR count). The van der Waals surface area contributed by atoms with Gasteiger partial charge in [0, 0.05) is 5.56 Å². The molecule has 0 bridgehead atoms. The van der Waals surface area contributed by atoms with Gasteiger partial charge in [0.2, 0.25) is 0 Å². The maximum absolute atomic E-state index is 12.2. The Morgan fingerprint density at radius 2 is 1.95 bits per heavy atom. The van der Waals surface area contributed by atoms with Crippen LogP contribution >= 0.6 is 0 Å². The standard InChI is InChI=1S/C15H12N2O4/c1-9-5-7-10(8-6-9)21-15(20)17-12-4-2-3-11(12)13(18)16-14(17)19/h2,4-8H,3H2,1H3,(H,16,18,19). The zero-order valence-electron chi connectivity index (χ0n) is 11.3. The minimum atomic E-state index is -0.845. The summed E-state index contributed by atoms with van der Waals surface area (Å²) in [5, 5.41) is 0. The topological polar surface area (TPSA) is 81.2 Å². The van der Waals surface area contributed by atoms with E-state index < -0.39 is 17.3 Å². The SMILES string of the molecule is Cc1ccc(OC(=O)n2c3c(c(=O)[nH]c2=O)CC=C3)cc1. The number of aromatic amines is 1. The molecule has 0 aliphatic heterocycles. The maximum Gasteiger partial charge on any atom is 0.428 e. The summed E-state index contributed by atoms with van der Waals surface area (Å²) in [4.78, 5) is 37.8. The molecule has 0 saturated carbocycles. The lowest BCUT2D eigenvalue weighted by Crippen LogP contribution is -2.38. The summed E-state index contributed by atoms with van der Waals surface area (Å²) in [6, 6.07) is 6.87. The van der Waals surface area contributed by atoms with Gasteiger partial charge in [-0.25, -0.2) is 9.59 Å². The molecule has 1 aromatic carbocycles. The highest BCUT2D eigenvalue weighted by atomic mass is 16.6. The van der Waals surface area contributed by atoms with Crippen molar-refractivity contribution in [2.45, 2.75) is 13.3 Å². The minimum absolute atomic E-state index is 0.279. The molecule has 1 aliphatic carbocycles. The number of rotatable bonds is 1. The van der Waals surface area contributed by atoms with E-state index in [1.165, 1.54) is 0 Å². The van der Waals surface area contributed by atoms with Crippen LogP contribution in [-0.2, 0) is 6.42 Å². The molecule has 21 heavy (non-hydrogen) atoms. The number of nitrogens with one attached hydrogen (secondary N) is 1. The summed E-state index contributed by atoms with van der Waals surface area (Å²) in [5.41, 5.74) is 0.415. The summed E-state index contributed by atoms with van der Waals surface area (Å²) in [6.45, 7) is 1.91. The van der Waals surface area contributed by atoms with Crippen molar-refractivity contribution in [2.24, 2.45) is 0 Å². The second-order valence-electron chi connectivity index (χ2n) is 4.75. The van der Waals surface area contributed by atoms with Crippen molar-refractivity contribution >= 4 is 12.2 Å². The fraction of sp³-hybridized carbons (Fsp3) is 0.133. The zero-order valence-corrected chi connectivity index (χ0v) is 11.3. The molecule has 0 spiro atoms. The van der Waals surface area contributed by atoms with Gasteiger partial charge in [0.25, 0.3) is 5.56 Å². The summed E-state index contributed by atoms with van der Waals surface area (Å²) >= 11 is 0. The van der Waals surface area contributed by atoms with Gasteiger partial charge < -0.3 is 4.74 Å². The number of ether oxygens (including phenoxy) is 1. The molecule has 106 valence electrons. The Labute approximate surface area is 119 Å². The van der Waals surface area contributed by atoms with Gasteiger partial charge in [0.15, 0.2) is 0 Å². The highest BCUT2D eigenvalue weighted by Gasteiger charge is 2.21. The van der Waals surface area contributed by atoms with Crippen molar-refractivity contribution < 1.29 is 9.53 Å². The fourth-order valence-electron chi connectivity index (χ4n) is 2.18. The molecule has 0 radical (unpaired) electrons. The van der Waals surface area contributed by atoms with E-state index >= 15 is 0 Å². The second-order valence-corrected chi connectivity index (χ2v) is 4.75. The number of aryl methyl sites for hydroxylation is 1. The zero-order chi connectivity index (χ0) is 15.0. The number of carbonyl (C=O) groups is 1. The number of hydrogen-bond donors (Lipinski definition) is 1. The number of allylic oxidation sites excluding steroid dienone is 1. The summed E-state index contributed by atoms with van der Waals surface area (Å²) in [5.74, 6) is 0.333. The molecule has 2 aromatic rings. The van der Waals surface area contributed by atoms with Gasteiger partial charge in [0.1, 0.15) is 5.75 Å². The number of fused-ring (bicyclic) bond motifs is 1. The van der Waals surface area contributed by atoms with E-state index in [9.17, 15) is 14.4 Å². The van der Waals surface area contributed by atoms with E-state index in [1.807, 2.05) is 6.92 Å². The predicted molar refractivity (Wildman–Crippen MR) is 76.7 cm³/mol. The number of hydrogen-bond acceptors (Lipinski definition) is 4. The number of H-pyrrole nitrogens is 1. The van der Waals surface area contributed by atoms with E-state index in [2.05, 4.69) is 4.98 Å². The largest absolute Gasteiger partial charge is 0.428 e. The van der Waals surface area contributed by atoms with Crippen molar-refractivity contribution in [3.05, 3.63) is 68.0 Å². The predicted octanol–water partition coefficient (Wildman–Crippen LogP) is 1.46. The van der Waals surface area contributed by atoms with Crippen LogP contribution in [0.15, 0.2) is 39.9 Å². The van der Waals surface area contributed by atoms with Crippen LogP contribution in [0.2, 0.25) is 0 Å². The Kier molecular flexibility index (Phi) is 3.06. The molecule has 0 atom stereocenters.